The van der Waals surface area contributed by atoms with Gasteiger partial charge >= 0.3 is 0 Å². The summed E-state index contributed by atoms with van der Waals surface area (Å²) in [5.41, 5.74) is 3.88. The molecule has 1 N–H and O–H groups in total. The molecule has 1 amide bonds. The minimum atomic E-state index is -0.103. The van der Waals surface area contributed by atoms with Crippen LogP contribution in [0, 0.1) is 6.92 Å². The molecule has 0 aliphatic carbocycles. The lowest BCUT2D eigenvalue weighted by molar-refractivity contribution is 0.102. The predicted molar refractivity (Wildman–Crippen MR) is 92.0 cm³/mol. The number of aryl methyl sites for hydroxylation is 1. The number of benzene rings is 2. The fourth-order valence-corrected chi connectivity index (χ4v) is 2.49. The zero-order chi connectivity index (χ0) is 15.6. The minimum Gasteiger partial charge on any atom is -0.322 e. The molecule has 0 aromatic heterocycles. The average molecular weight is 346 g/mol. The van der Waals surface area contributed by atoms with Gasteiger partial charge in [0, 0.05) is 10.2 Å². The van der Waals surface area contributed by atoms with Crippen LogP contribution in [0.3, 0.4) is 0 Å². The Kier molecular flexibility index (Phi) is 4.52. The molecule has 21 heavy (non-hydrogen) atoms. The van der Waals surface area contributed by atoms with Crippen LogP contribution in [0.25, 0.3) is 0 Å². The van der Waals surface area contributed by atoms with Crippen molar-refractivity contribution < 1.29 is 4.79 Å². The third kappa shape index (κ3) is 3.94. The zero-order valence-corrected chi connectivity index (χ0v) is 14.4. The molecule has 0 aliphatic heterocycles. The largest absolute Gasteiger partial charge is 0.322 e. The van der Waals surface area contributed by atoms with Crippen LogP contribution in [0.5, 0.6) is 0 Å². The van der Waals surface area contributed by atoms with Gasteiger partial charge in [0.05, 0.1) is 5.56 Å². The number of halogens is 1. The number of carbonyl (C=O) groups is 1. The van der Waals surface area contributed by atoms with Crippen LogP contribution in [-0.4, -0.2) is 5.91 Å². The Hall–Kier alpha value is -1.61. The van der Waals surface area contributed by atoms with Gasteiger partial charge in [-0.1, -0.05) is 44.5 Å². The molecule has 2 rings (SSSR count). The van der Waals surface area contributed by atoms with Crippen molar-refractivity contribution in [1.82, 2.24) is 0 Å². The Balaban J connectivity index is 2.18. The van der Waals surface area contributed by atoms with E-state index in [1.165, 1.54) is 5.56 Å². The van der Waals surface area contributed by atoms with Gasteiger partial charge in [-0.2, -0.15) is 0 Å². The van der Waals surface area contributed by atoms with Gasteiger partial charge in [-0.15, -0.1) is 0 Å². The highest BCUT2D eigenvalue weighted by atomic mass is 79.9. The first kappa shape index (κ1) is 15.8. The van der Waals surface area contributed by atoms with E-state index in [-0.39, 0.29) is 11.3 Å². The van der Waals surface area contributed by atoms with Crippen molar-refractivity contribution >= 4 is 27.5 Å². The Bertz CT molecular complexity index is 654. The van der Waals surface area contributed by atoms with Crippen LogP contribution < -0.4 is 5.32 Å². The van der Waals surface area contributed by atoms with Gasteiger partial charge in [0.15, 0.2) is 0 Å². The van der Waals surface area contributed by atoms with Crippen LogP contribution in [-0.2, 0) is 5.41 Å². The topological polar surface area (TPSA) is 29.1 Å². The van der Waals surface area contributed by atoms with Gasteiger partial charge in [-0.25, -0.2) is 0 Å². The van der Waals surface area contributed by atoms with Crippen molar-refractivity contribution in [2.75, 3.05) is 5.32 Å². The quantitative estimate of drug-likeness (QED) is 0.785. The van der Waals surface area contributed by atoms with Gasteiger partial charge in [-0.05, 0) is 58.1 Å². The maximum atomic E-state index is 12.3. The van der Waals surface area contributed by atoms with Crippen LogP contribution in [0.2, 0.25) is 0 Å². The van der Waals surface area contributed by atoms with E-state index in [0.717, 1.165) is 15.7 Å². The fraction of sp³-hybridized carbons (Fsp3) is 0.278. The van der Waals surface area contributed by atoms with E-state index >= 15 is 0 Å². The second kappa shape index (κ2) is 6.02. The Morgan fingerprint density at radius 3 is 2.24 bits per heavy atom. The number of amides is 1. The minimum absolute atomic E-state index is 0.103. The lowest BCUT2D eigenvalue weighted by atomic mass is 9.87. The number of hydrogen-bond donors (Lipinski definition) is 1. The second-order valence-corrected chi connectivity index (χ2v) is 7.12. The average Bonchev–Trinajstić information content (AvgIpc) is 2.41. The molecular weight excluding hydrogens is 326 g/mol. The van der Waals surface area contributed by atoms with Gasteiger partial charge in [0.25, 0.3) is 5.91 Å². The fourth-order valence-electron chi connectivity index (χ4n) is 2.07. The molecule has 0 heterocycles. The first-order valence-electron chi connectivity index (χ1n) is 6.95. The van der Waals surface area contributed by atoms with Crippen molar-refractivity contribution in [3.05, 3.63) is 63.6 Å². The van der Waals surface area contributed by atoms with E-state index in [0.29, 0.717) is 5.56 Å². The molecule has 2 aromatic rings. The van der Waals surface area contributed by atoms with Crippen LogP contribution in [0.4, 0.5) is 5.69 Å². The third-order valence-corrected chi connectivity index (χ3v) is 4.07. The smallest absolute Gasteiger partial charge is 0.256 e. The van der Waals surface area contributed by atoms with Crippen molar-refractivity contribution in [2.24, 2.45) is 0 Å². The summed E-state index contributed by atoms with van der Waals surface area (Å²) in [6.07, 6.45) is 0. The van der Waals surface area contributed by atoms with E-state index < -0.39 is 0 Å². The molecule has 2 nitrogen and oxygen atoms in total. The molecule has 0 fully saturated rings. The van der Waals surface area contributed by atoms with Crippen molar-refractivity contribution in [3.63, 3.8) is 0 Å². The van der Waals surface area contributed by atoms with Crippen molar-refractivity contribution in [2.45, 2.75) is 33.1 Å². The first-order chi connectivity index (χ1) is 9.77. The summed E-state index contributed by atoms with van der Waals surface area (Å²) in [7, 11) is 0. The van der Waals surface area contributed by atoms with E-state index in [2.05, 4.69) is 54.2 Å². The lowest BCUT2D eigenvalue weighted by Crippen LogP contribution is -2.14. The highest BCUT2D eigenvalue weighted by molar-refractivity contribution is 9.10. The summed E-state index contributed by atoms with van der Waals surface area (Å²) < 4.78 is 0.803. The maximum Gasteiger partial charge on any atom is 0.256 e. The van der Waals surface area contributed by atoms with Gasteiger partial charge in [0.1, 0.15) is 0 Å². The molecule has 0 bridgehead atoms. The molecule has 110 valence electrons. The zero-order valence-electron chi connectivity index (χ0n) is 12.8. The van der Waals surface area contributed by atoms with Crippen LogP contribution >= 0.6 is 15.9 Å². The number of nitrogens with one attached hydrogen (secondary N) is 1. The Labute approximate surface area is 134 Å². The molecular formula is C18H20BrNO. The standard InChI is InChI=1S/C18H20BrNO/c1-12-5-10-16(19)15(11-12)17(21)20-14-8-6-13(7-9-14)18(2,3)4/h5-11H,1-4H3,(H,20,21). The molecule has 0 saturated carbocycles. The van der Waals surface area contributed by atoms with Crippen molar-refractivity contribution in [1.29, 1.82) is 0 Å². The number of anilines is 1. The maximum absolute atomic E-state index is 12.3. The van der Waals surface area contributed by atoms with Crippen LogP contribution in [0.15, 0.2) is 46.9 Å². The number of hydrogen-bond acceptors (Lipinski definition) is 1. The summed E-state index contributed by atoms with van der Waals surface area (Å²) >= 11 is 3.42. The van der Waals surface area contributed by atoms with Crippen molar-refractivity contribution in [3.8, 4) is 0 Å². The third-order valence-electron chi connectivity index (χ3n) is 3.38. The van der Waals surface area contributed by atoms with Gasteiger partial charge < -0.3 is 5.32 Å². The monoisotopic (exact) mass is 345 g/mol. The lowest BCUT2D eigenvalue weighted by Gasteiger charge is -2.19. The van der Waals surface area contributed by atoms with E-state index in [1.54, 1.807) is 0 Å². The highest BCUT2D eigenvalue weighted by Crippen LogP contribution is 2.24. The number of carbonyl (C=O) groups excluding carboxylic acids is 1. The molecule has 0 atom stereocenters. The summed E-state index contributed by atoms with van der Waals surface area (Å²) in [5.74, 6) is -0.103. The predicted octanol–water partition coefficient (Wildman–Crippen LogP) is 5.31. The normalized spacial score (nSPS) is 11.3. The molecule has 0 saturated heterocycles. The van der Waals surface area contributed by atoms with E-state index in [9.17, 15) is 4.79 Å². The summed E-state index contributed by atoms with van der Waals surface area (Å²) in [6, 6.07) is 13.8. The van der Waals surface area contributed by atoms with Crippen LogP contribution in [0.1, 0.15) is 42.3 Å². The Morgan fingerprint density at radius 1 is 1.05 bits per heavy atom. The van der Waals surface area contributed by atoms with E-state index in [1.807, 2.05) is 37.3 Å². The second-order valence-electron chi connectivity index (χ2n) is 6.26. The molecule has 0 spiro atoms. The van der Waals surface area contributed by atoms with E-state index in [4.69, 9.17) is 0 Å². The molecule has 3 heteroatoms. The molecule has 0 radical (unpaired) electrons. The molecule has 0 aliphatic rings. The Morgan fingerprint density at radius 2 is 1.67 bits per heavy atom. The summed E-state index contributed by atoms with van der Waals surface area (Å²) in [4.78, 5) is 12.3. The summed E-state index contributed by atoms with van der Waals surface area (Å²) in [5, 5.41) is 2.94. The number of rotatable bonds is 2. The first-order valence-corrected chi connectivity index (χ1v) is 7.75. The summed E-state index contributed by atoms with van der Waals surface area (Å²) in [6.45, 7) is 8.49. The molecule has 2 aromatic carbocycles. The van der Waals surface area contributed by atoms with Gasteiger partial charge in [-0.3, -0.25) is 4.79 Å². The highest BCUT2D eigenvalue weighted by Gasteiger charge is 2.14. The van der Waals surface area contributed by atoms with Gasteiger partial charge in [0.2, 0.25) is 0 Å². The SMILES string of the molecule is Cc1ccc(Br)c(C(=O)Nc2ccc(C(C)(C)C)cc2)c1. The molecule has 0 unspecified atom stereocenters.